The van der Waals surface area contributed by atoms with Crippen LogP contribution in [-0.2, 0) is 6.42 Å². The first kappa shape index (κ1) is 19.4. The van der Waals surface area contributed by atoms with Crippen LogP contribution in [0.3, 0.4) is 0 Å². The molecule has 1 aromatic carbocycles. The minimum absolute atomic E-state index is 0.124. The van der Waals surface area contributed by atoms with Crippen LogP contribution >= 0.6 is 0 Å². The van der Waals surface area contributed by atoms with E-state index >= 15 is 0 Å². The van der Waals surface area contributed by atoms with Crippen LogP contribution in [0.2, 0.25) is 0 Å². The molecule has 0 spiro atoms. The molecule has 2 N–H and O–H groups in total. The Bertz CT molecular complexity index is 934. The first-order valence-corrected chi connectivity index (χ1v) is 9.49. The zero-order valence-corrected chi connectivity index (χ0v) is 16.0. The molecule has 0 bridgehead atoms. The van der Waals surface area contributed by atoms with Crippen LogP contribution < -0.4 is 10.9 Å². The number of aryl methyl sites for hydroxylation is 1. The monoisotopic (exact) mass is 375 g/mol. The molecule has 27 heavy (non-hydrogen) atoms. The molecule has 0 aliphatic carbocycles. The van der Waals surface area contributed by atoms with Crippen molar-refractivity contribution in [3.05, 3.63) is 39.4 Å². The van der Waals surface area contributed by atoms with Gasteiger partial charge in [0, 0.05) is 24.5 Å². The second-order valence-corrected chi connectivity index (χ2v) is 7.03. The number of aromatic nitrogens is 1. The van der Waals surface area contributed by atoms with E-state index < -0.39 is 23.0 Å². The summed E-state index contributed by atoms with van der Waals surface area (Å²) < 4.78 is 15.5. The highest BCUT2D eigenvalue weighted by atomic mass is 19.1. The predicted octanol–water partition coefficient (Wildman–Crippen LogP) is 2.43. The smallest absolute Gasteiger partial charge is 0.267 e. The Morgan fingerprint density at radius 2 is 2.07 bits per heavy atom. The number of hydrogen-bond acceptors (Lipinski definition) is 4. The van der Waals surface area contributed by atoms with Crippen molar-refractivity contribution in [2.45, 2.75) is 39.7 Å². The number of likely N-dealkylation sites (N-methyl/N-ethyl adjacent to an activating group) is 1. The molecule has 2 aromatic rings. The molecule has 1 aromatic heterocycles. The van der Waals surface area contributed by atoms with E-state index in [1.54, 1.807) is 0 Å². The van der Waals surface area contributed by atoms with Gasteiger partial charge in [0.05, 0.1) is 5.52 Å². The number of hydrogen-bond donors (Lipinski definition) is 2. The highest BCUT2D eigenvalue weighted by molar-refractivity contribution is 6.03. The molecule has 1 aliphatic heterocycles. The fourth-order valence-electron chi connectivity index (χ4n) is 3.84. The van der Waals surface area contributed by atoms with Gasteiger partial charge in [0.2, 0.25) is 0 Å². The van der Waals surface area contributed by atoms with Gasteiger partial charge in [-0.15, -0.1) is 0 Å². The third kappa shape index (κ3) is 3.43. The Kier molecular flexibility index (Phi) is 5.51. The molecule has 6 nitrogen and oxygen atoms in total. The maximum atomic E-state index is 14.0. The second kappa shape index (κ2) is 7.68. The fraction of sp³-hybridized carbons (Fsp3) is 0.500. The maximum Gasteiger partial charge on any atom is 0.267 e. The lowest BCUT2D eigenvalue weighted by molar-refractivity contribution is 0.0944. The van der Waals surface area contributed by atoms with Gasteiger partial charge in [-0.25, -0.2) is 4.39 Å². The van der Waals surface area contributed by atoms with Crippen molar-refractivity contribution in [3.8, 4) is 5.75 Å². The first-order valence-electron chi connectivity index (χ1n) is 9.49. The van der Waals surface area contributed by atoms with Crippen LogP contribution in [0, 0.1) is 5.82 Å². The van der Waals surface area contributed by atoms with Gasteiger partial charge in [0.1, 0.15) is 17.1 Å². The molecule has 1 amide bonds. The van der Waals surface area contributed by atoms with Crippen molar-refractivity contribution in [1.82, 2.24) is 14.8 Å². The molecule has 0 saturated carbocycles. The van der Waals surface area contributed by atoms with E-state index in [1.165, 1.54) is 16.7 Å². The highest BCUT2D eigenvalue weighted by Gasteiger charge is 2.28. The number of nitrogens with zero attached hydrogens (tertiary/aromatic N) is 2. The number of carbonyl (C=O) groups excluding carboxylic acids is 1. The van der Waals surface area contributed by atoms with Crippen LogP contribution in [0.1, 0.15) is 49.2 Å². The quantitative estimate of drug-likeness (QED) is 0.813. The minimum atomic E-state index is -0.626. The second-order valence-electron chi connectivity index (χ2n) is 7.03. The highest BCUT2D eigenvalue weighted by Crippen LogP contribution is 2.35. The largest absolute Gasteiger partial charge is 0.506 e. The molecule has 0 radical (unpaired) electrons. The summed E-state index contributed by atoms with van der Waals surface area (Å²) in [6.07, 6.45) is 1.31. The lowest BCUT2D eigenvalue weighted by atomic mass is 9.95. The standard InChI is InChI=1S/C20H26FN3O3/c1-4-23(5-2)9-8-22-19(26)16-18(25)15-11-14(21)10-13-7-6-12(3)24(17(13)15)20(16)27/h10-12,25H,4-9H2,1-3H3,(H,22,26)/t12-/m0/s1. The lowest BCUT2D eigenvalue weighted by Crippen LogP contribution is -2.39. The van der Waals surface area contributed by atoms with Crippen molar-refractivity contribution in [3.63, 3.8) is 0 Å². The summed E-state index contributed by atoms with van der Waals surface area (Å²) in [4.78, 5) is 27.8. The van der Waals surface area contributed by atoms with E-state index in [-0.39, 0.29) is 17.0 Å². The first-order chi connectivity index (χ1) is 12.9. The molecule has 0 fully saturated rings. The van der Waals surface area contributed by atoms with Crippen LogP contribution in [0.25, 0.3) is 10.9 Å². The molecular weight excluding hydrogens is 349 g/mol. The predicted molar refractivity (Wildman–Crippen MR) is 103 cm³/mol. The fourth-order valence-corrected chi connectivity index (χ4v) is 3.84. The summed E-state index contributed by atoms with van der Waals surface area (Å²) in [6, 6.07) is 2.46. The zero-order valence-electron chi connectivity index (χ0n) is 16.0. The van der Waals surface area contributed by atoms with E-state index in [4.69, 9.17) is 0 Å². The molecule has 1 atom stereocenters. The number of aromatic hydroxyl groups is 1. The molecule has 2 heterocycles. The Morgan fingerprint density at radius 1 is 1.37 bits per heavy atom. The Hall–Kier alpha value is -2.41. The van der Waals surface area contributed by atoms with E-state index in [9.17, 15) is 19.1 Å². The Morgan fingerprint density at radius 3 is 2.74 bits per heavy atom. The number of carbonyl (C=O) groups is 1. The molecule has 146 valence electrons. The van der Waals surface area contributed by atoms with Crippen LogP contribution in [0.5, 0.6) is 5.75 Å². The normalized spacial score (nSPS) is 16.1. The number of benzene rings is 1. The van der Waals surface area contributed by atoms with Gasteiger partial charge in [-0.1, -0.05) is 13.8 Å². The van der Waals surface area contributed by atoms with Gasteiger partial charge in [-0.05, 0) is 50.6 Å². The summed E-state index contributed by atoms with van der Waals surface area (Å²) in [5.74, 6) is -1.55. The average Bonchev–Trinajstić information content (AvgIpc) is 2.64. The number of rotatable bonds is 6. The SMILES string of the molecule is CCN(CC)CCNC(=O)c1c(O)c2cc(F)cc3c2n(c1=O)[C@@H](C)CC3. The van der Waals surface area contributed by atoms with Gasteiger partial charge in [-0.2, -0.15) is 0 Å². The van der Waals surface area contributed by atoms with Gasteiger partial charge in [0.25, 0.3) is 11.5 Å². The molecular formula is C20H26FN3O3. The van der Waals surface area contributed by atoms with Gasteiger partial charge in [0.15, 0.2) is 0 Å². The van der Waals surface area contributed by atoms with Crippen molar-refractivity contribution < 1.29 is 14.3 Å². The zero-order chi connectivity index (χ0) is 19.7. The van der Waals surface area contributed by atoms with E-state index in [1.807, 2.05) is 20.8 Å². The molecule has 1 aliphatic rings. The van der Waals surface area contributed by atoms with Crippen LogP contribution in [0.15, 0.2) is 16.9 Å². The van der Waals surface area contributed by atoms with Gasteiger partial charge < -0.3 is 19.9 Å². The van der Waals surface area contributed by atoms with Crippen molar-refractivity contribution in [2.75, 3.05) is 26.2 Å². The average molecular weight is 375 g/mol. The van der Waals surface area contributed by atoms with Crippen LogP contribution in [-0.4, -0.2) is 46.7 Å². The lowest BCUT2D eigenvalue weighted by Gasteiger charge is -2.26. The number of pyridine rings is 1. The summed E-state index contributed by atoms with van der Waals surface area (Å²) in [6.45, 7) is 8.69. The molecule has 7 heteroatoms. The van der Waals surface area contributed by atoms with Gasteiger partial charge >= 0.3 is 0 Å². The van der Waals surface area contributed by atoms with E-state index in [0.717, 1.165) is 13.1 Å². The topological polar surface area (TPSA) is 74.6 Å². The molecule has 0 unspecified atom stereocenters. The van der Waals surface area contributed by atoms with E-state index in [2.05, 4.69) is 10.2 Å². The van der Waals surface area contributed by atoms with Crippen molar-refractivity contribution in [2.24, 2.45) is 0 Å². The van der Waals surface area contributed by atoms with Crippen LogP contribution in [0.4, 0.5) is 4.39 Å². The van der Waals surface area contributed by atoms with E-state index in [0.29, 0.717) is 37.0 Å². The summed E-state index contributed by atoms with van der Waals surface area (Å²) in [5, 5.41) is 13.6. The third-order valence-corrected chi connectivity index (χ3v) is 5.43. The Balaban J connectivity index is 2.04. The molecule has 3 rings (SSSR count). The minimum Gasteiger partial charge on any atom is -0.506 e. The number of halogens is 1. The number of nitrogens with one attached hydrogen (secondary N) is 1. The van der Waals surface area contributed by atoms with Crippen molar-refractivity contribution >= 4 is 16.8 Å². The number of amides is 1. The Labute approximate surface area is 157 Å². The summed E-state index contributed by atoms with van der Waals surface area (Å²) in [7, 11) is 0. The summed E-state index contributed by atoms with van der Waals surface area (Å²) >= 11 is 0. The maximum absolute atomic E-state index is 14.0. The third-order valence-electron chi connectivity index (χ3n) is 5.43. The molecule has 0 saturated heterocycles. The summed E-state index contributed by atoms with van der Waals surface area (Å²) in [5.41, 5.74) is 0.370. The van der Waals surface area contributed by atoms with Crippen molar-refractivity contribution in [1.29, 1.82) is 0 Å². The van der Waals surface area contributed by atoms with Gasteiger partial charge in [-0.3, -0.25) is 9.59 Å².